The van der Waals surface area contributed by atoms with E-state index in [9.17, 15) is 23.1 Å². The molecule has 1 fully saturated rings. The summed E-state index contributed by atoms with van der Waals surface area (Å²) in [5.74, 6) is 0.0246. The van der Waals surface area contributed by atoms with Gasteiger partial charge in [-0.1, -0.05) is 6.92 Å². The van der Waals surface area contributed by atoms with Crippen LogP contribution in [0.4, 0.5) is 5.69 Å². The van der Waals surface area contributed by atoms with Gasteiger partial charge < -0.3 is 29.5 Å². The Kier molecular flexibility index (Phi) is 11.0. The minimum absolute atomic E-state index is 0.0184. The van der Waals surface area contributed by atoms with Crippen molar-refractivity contribution in [2.75, 3.05) is 72.0 Å². The van der Waals surface area contributed by atoms with Crippen molar-refractivity contribution in [2.45, 2.75) is 37.3 Å². The van der Waals surface area contributed by atoms with Crippen molar-refractivity contribution < 1.29 is 37.3 Å². The number of aliphatic hydroxyl groups is 1. The van der Waals surface area contributed by atoms with Gasteiger partial charge in [0.05, 0.1) is 50.0 Å². The Labute approximate surface area is 253 Å². The zero-order valence-electron chi connectivity index (χ0n) is 25.2. The highest BCUT2D eigenvalue weighted by Gasteiger charge is 2.35. The van der Waals surface area contributed by atoms with Gasteiger partial charge in [0.15, 0.2) is 0 Å². The van der Waals surface area contributed by atoms with Crippen LogP contribution in [0.5, 0.6) is 11.5 Å². The van der Waals surface area contributed by atoms with Crippen LogP contribution in [0.25, 0.3) is 0 Å². The van der Waals surface area contributed by atoms with Crippen molar-refractivity contribution in [2.24, 2.45) is 5.92 Å². The van der Waals surface area contributed by atoms with E-state index in [2.05, 4.69) is 10.2 Å². The number of ether oxygens (including phenoxy) is 3. The van der Waals surface area contributed by atoms with Crippen LogP contribution in [0.15, 0.2) is 47.4 Å². The summed E-state index contributed by atoms with van der Waals surface area (Å²) >= 11 is 0. The first-order valence-corrected chi connectivity index (χ1v) is 15.9. The lowest BCUT2D eigenvalue weighted by atomic mass is 9.99. The Hall–Kier alpha value is -3.23. The molecule has 3 atom stereocenters. The molecule has 12 nitrogen and oxygen atoms in total. The summed E-state index contributed by atoms with van der Waals surface area (Å²) < 4.78 is 44.8. The van der Waals surface area contributed by atoms with Gasteiger partial charge in [0, 0.05) is 51.3 Å². The number of carbonyl (C=O) groups is 2. The second-order valence-corrected chi connectivity index (χ2v) is 13.1. The lowest BCUT2D eigenvalue weighted by Crippen LogP contribution is -2.50. The molecule has 236 valence electrons. The first-order valence-electron chi connectivity index (χ1n) is 14.5. The molecule has 4 rings (SSSR count). The number of nitrogens with zero attached hydrogens (tertiary/aromatic N) is 3. The molecule has 0 bridgehead atoms. The van der Waals surface area contributed by atoms with E-state index in [0.717, 1.165) is 13.1 Å². The summed E-state index contributed by atoms with van der Waals surface area (Å²) in [4.78, 5) is 30.3. The molecule has 2 aromatic carbocycles. The van der Waals surface area contributed by atoms with Crippen molar-refractivity contribution in [3.8, 4) is 11.5 Å². The topological polar surface area (TPSA) is 138 Å². The lowest BCUT2D eigenvalue weighted by molar-refractivity contribution is -0.116. The standard InChI is InChI=1S/C30H42N4O8S/c1-21-18-34(22(2)20-35)30(37)26-17-23(31-29(36)11-12-33-13-15-41-16-14-33)5-10-27(26)42-28(21)19-32(3)43(38,39)25-8-6-24(40-4)7-9-25/h5-10,17,21-22,28,35H,11-16,18-20H2,1-4H3,(H,31,36)/t21-,22+,28-/m1/s1. The highest BCUT2D eigenvalue weighted by atomic mass is 32.2. The fourth-order valence-corrected chi connectivity index (χ4v) is 6.29. The Morgan fingerprint density at radius 2 is 1.88 bits per heavy atom. The number of hydrogen-bond donors (Lipinski definition) is 2. The first kappa shape index (κ1) is 32.7. The Morgan fingerprint density at radius 1 is 1.19 bits per heavy atom. The van der Waals surface area contributed by atoms with Crippen LogP contribution in [0.1, 0.15) is 30.6 Å². The van der Waals surface area contributed by atoms with Crippen LogP contribution >= 0.6 is 0 Å². The first-order chi connectivity index (χ1) is 20.5. The van der Waals surface area contributed by atoms with Crippen molar-refractivity contribution >= 4 is 27.5 Å². The average Bonchev–Trinajstić information content (AvgIpc) is 3.02. The highest BCUT2D eigenvalue weighted by molar-refractivity contribution is 7.89. The maximum absolute atomic E-state index is 13.7. The van der Waals surface area contributed by atoms with Crippen LogP contribution in [-0.4, -0.2) is 118 Å². The number of aliphatic hydroxyl groups excluding tert-OH is 1. The fourth-order valence-electron chi connectivity index (χ4n) is 5.11. The normalized spacial score (nSPS) is 20.5. The molecular formula is C30H42N4O8S. The number of anilines is 1. The molecule has 13 heteroatoms. The van der Waals surface area contributed by atoms with Gasteiger partial charge in [-0.3, -0.25) is 14.5 Å². The van der Waals surface area contributed by atoms with E-state index in [1.165, 1.54) is 30.6 Å². The molecule has 0 unspecified atom stereocenters. The van der Waals surface area contributed by atoms with Gasteiger partial charge in [-0.15, -0.1) is 0 Å². The van der Waals surface area contributed by atoms with Crippen molar-refractivity contribution in [1.29, 1.82) is 0 Å². The number of nitrogens with one attached hydrogen (secondary N) is 1. The monoisotopic (exact) mass is 618 g/mol. The second kappa shape index (κ2) is 14.5. The maximum Gasteiger partial charge on any atom is 0.258 e. The molecule has 2 aromatic rings. The van der Waals surface area contributed by atoms with Crippen LogP contribution in [0, 0.1) is 5.92 Å². The molecule has 0 aliphatic carbocycles. The molecule has 0 radical (unpaired) electrons. The minimum Gasteiger partial charge on any atom is -0.497 e. The summed E-state index contributed by atoms with van der Waals surface area (Å²) in [6.07, 6.45) is -0.323. The largest absolute Gasteiger partial charge is 0.497 e. The number of morpholine rings is 1. The van der Waals surface area contributed by atoms with E-state index in [1.807, 2.05) is 6.92 Å². The summed E-state index contributed by atoms with van der Waals surface area (Å²) in [6, 6.07) is 10.5. The number of sulfonamides is 1. The molecule has 2 heterocycles. The molecular weight excluding hydrogens is 576 g/mol. The number of rotatable bonds is 11. The van der Waals surface area contributed by atoms with Crippen LogP contribution in [0.2, 0.25) is 0 Å². The Bertz CT molecular complexity index is 1360. The van der Waals surface area contributed by atoms with Crippen molar-refractivity contribution in [1.82, 2.24) is 14.1 Å². The van der Waals surface area contributed by atoms with E-state index in [0.29, 0.717) is 37.6 Å². The average molecular weight is 619 g/mol. The number of likely N-dealkylation sites (N-methyl/N-ethyl adjacent to an activating group) is 1. The predicted octanol–water partition coefficient (Wildman–Crippen LogP) is 1.90. The zero-order valence-corrected chi connectivity index (χ0v) is 26.0. The zero-order chi connectivity index (χ0) is 31.1. The number of carbonyl (C=O) groups excluding carboxylic acids is 2. The quantitative estimate of drug-likeness (QED) is 0.387. The maximum atomic E-state index is 13.7. The van der Waals surface area contributed by atoms with Gasteiger partial charge in [0.2, 0.25) is 15.9 Å². The van der Waals surface area contributed by atoms with Crippen LogP contribution in [0.3, 0.4) is 0 Å². The Balaban J connectivity index is 1.55. The molecule has 2 N–H and O–H groups in total. The van der Waals surface area contributed by atoms with E-state index < -0.39 is 22.2 Å². The molecule has 0 spiro atoms. The molecule has 2 amide bonds. The van der Waals surface area contributed by atoms with E-state index in [4.69, 9.17) is 14.2 Å². The molecule has 2 aliphatic rings. The van der Waals surface area contributed by atoms with Gasteiger partial charge in [0.1, 0.15) is 17.6 Å². The smallest absolute Gasteiger partial charge is 0.258 e. The van der Waals surface area contributed by atoms with Gasteiger partial charge in [-0.25, -0.2) is 8.42 Å². The van der Waals surface area contributed by atoms with Crippen LogP contribution in [-0.2, 0) is 19.6 Å². The summed E-state index contributed by atoms with van der Waals surface area (Å²) in [6.45, 7) is 7.12. The van der Waals surface area contributed by atoms with Crippen LogP contribution < -0.4 is 14.8 Å². The van der Waals surface area contributed by atoms with E-state index >= 15 is 0 Å². The number of amides is 2. The number of benzene rings is 2. The van der Waals surface area contributed by atoms with Gasteiger partial charge >= 0.3 is 0 Å². The van der Waals surface area contributed by atoms with Gasteiger partial charge in [-0.2, -0.15) is 4.31 Å². The van der Waals surface area contributed by atoms with E-state index in [-0.39, 0.29) is 53.6 Å². The molecule has 43 heavy (non-hydrogen) atoms. The lowest BCUT2D eigenvalue weighted by Gasteiger charge is -2.38. The second-order valence-electron chi connectivity index (χ2n) is 11.0. The summed E-state index contributed by atoms with van der Waals surface area (Å²) in [5.41, 5.74) is 0.674. The summed E-state index contributed by atoms with van der Waals surface area (Å²) in [5, 5.41) is 12.8. The molecule has 0 aromatic heterocycles. The van der Waals surface area contributed by atoms with Gasteiger partial charge in [0.25, 0.3) is 5.91 Å². The fraction of sp³-hybridized carbons (Fsp3) is 0.533. The predicted molar refractivity (Wildman–Crippen MR) is 161 cm³/mol. The highest BCUT2D eigenvalue weighted by Crippen LogP contribution is 2.31. The van der Waals surface area contributed by atoms with E-state index in [1.54, 1.807) is 42.2 Å². The third-order valence-corrected chi connectivity index (χ3v) is 9.75. The third-order valence-electron chi connectivity index (χ3n) is 7.91. The Morgan fingerprint density at radius 3 is 2.53 bits per heavy atom. The SMILES string of the molecule is COc1ccc(S(=O)(=O)N(C)C[C@H]2Oc3ccc(NC(=O)CCN4CCOCC4)cc3C(=O)N([C@@H](C)CO)C[C@H]2C)cc1. The van der Waals surface area contributed by atoms with Crippen molar-refractivity contribution in [3.05, 3.63) is 48.0 Å². The number of methoxy groups -OCH3 is 1. The molecule has 0 saturated carbocycles. The van der Waals surface area contributed by atoms with Crippen molar-refractivity contribution in [3.63, 3.8) is 0 Å². The number of fused-ring (bicyclic) bond motifs is 1. The number of hydrogen-bond acceptors (Lipinski definition) is 9. The third kappa shape index (κ3) is 8.03. The molecule has 2 aliphatic heterocycles. The summed E-state index contributed by atoms with van der Waals surface area (Å²) in [7, 11) is -0.845. The molecule has 1 saturated heterocycles. The minimum atomic E-state index is -3.85. The van der Waals surface area contributed by atoms with Gasteiger partial charge in [-0.05, 0) is 49.4 Å².